The van der Waals surface area contributed by atoms with Crippen molar-refractivity contribution in [3.63, 3.8) is 0 Å². The minimum atomic E-state index is -0.0426. The van der Waals surface area contributed by atoms with Gasteiger partial charge < -0.3 is 9.47 Å². The third kappa shape index (κ3) is 1.35. The number of hydrogen-bond acceptors (Lipinski definition) is 3. The van der Waals surface area contributed by atoms with Crippen molar-refractivity contribution in [3.8, 4) is 0 Å². The summed E-state index contributed by atoms with van der Waals surface area (Å²) in [4.78, 5) is 11.3. The average molecular weight is 184 g/mol. The van der Waals surface area contributed by atoms with Crippen molar-refractivity contribution < 1.29 is 14.3 Å². The predicted molar refractivity (Wildman–Crippen MR) is 47.1 cm³/mol. The van der Waals surface area contributed by atoms with E-state index in [1.807, 2.05) is 0 Å². The van der Waals surface area contributed by atoms with Crippen LogP contribution in [0.3, 0.4) is 0 Å². The Kier molecular flexibility index (Phi) is 2.28. The van der Waals surface area contributed by atoms with Gasteiger partial charge in [-0.3, -0.25) is 4.79 Å². The lowest BCUT2D eigenvalue weighted by atomic mass is 9.98. The van der Waals surface area contributed by atoms with Gasteiger partial charge in [0.05, 0.1) is 19.1 Å². The average Bonchev–Trinajstić information content (AvgIpc) is 2.90. The molecule has 74 valence electrons. The zero-order chi connectivity index (χ0) is 9.42. The number of carbonyl (C=O) groups excluding carboxylic acids is 1. The maximum Gasteiger partial charge on any atom is 0.309 e. The lowest BCUT2D eigenvalue weighted by molar-refractivity contribution is -0.143. The lowest BCUT2D eigenvalue weighted by Gasteiger charge is -2.18. The first kappa shape index (κ1) is 9.00. The van der Waals surface area contributed by atoms with E-state index in [-0.39, 0.29) is 11.9 Å². The Labute approximate surface area is 78.4 Å². The summed E-state index contributed by atoms with van der Waals surface area (Å²) >= 11 is 0. The van der Waals surface area contributed by atoms with Gasteiger partial charge in [0.1, 0.15) is 0 Å². The minimum absolute atomic E-state index is 0.0426. The summed E-state index contributed by atoms with van der Waals surface area (Å²) in [5.41, 5.74) is 0. The third-order valence-corrected chi connectivity index (χ3v) is 3.46. The Hall–Kier alpha value is -0.570. The summed E-state index contributed by atoms with van der Waals surface area (Å²) in [6.07, 6.45) is 3.76. The van der Waals surface area contributed by atoms with E-state index in [0.29, 0.717) is 17.9 Å². The van der Waals surface area contributed by atoms with E-state index in [4.69, 9.17) is 9.47 Å². The Bertz CT molecular complexity index is 214. The number of ether oxygens (including phenoxy) is 2. The van der Waals surface area contributed by atoms with Gasteiger partial charge in [-0.25, -0.2) is 0 Å². The second kappa shape index (κ2) is 3.29. The molecular formula is C10H16O3. The molecule has 3 nitrogen and oxygen atoms in total. The van der Waals surface area contributed by atoms with Crippen LogP contribution in [0.25, 0.3) is 0 Å². The smallest absolute Gasteiger partial charge is 0.309 e. The van der Waals surface area contributed by atoms with Crippen molar-refractivity contribution in [3.05, 3.63) is 0 Å². The fourth-order valence-electron chi connectivity index (χ4n) is 2.77. The van der Waals surface area contributed by atoms with Crippen LogP contribution in [0.4, 0.5) is 0 Å². The van der Waals surface area contributed by atoms with E-state index in [1.165, 1.54) is 20.0 Å². The zero-order valence-electron chi connectivity index (χ0n) is 8.16. The van der Waals surface area contributed by atoms with Gasteiger partial charge in [0.25, 0.3) is 0 Å². The van der Waals surface area contributed by atoms with Crippen molar-refractivity contribution in [2.24, 2.45) is 17.8 Å². The Balaban J connectivity index is 2.00. The first-order chi connectivity index (χ1) is 6.29. The number of rotatable bonds is 2. The topological polar surface area (TPSA) is 35.5 Å². The third-order valence-electron chi connectivity index (χ3n) is 3.46. The molecule has 0 bridgehead atoms. The molecule has 0 heterocycles. The number of esters is 1. The van der Waals surface area contributed by atoms with E-state index >= 15 is 0 Å². The summed E-state index contributed by atoms with van der Waals surface area (Å²) in [6.45, 7) is 0. The van der Waals surface area contributed by atoms with E-state index in [1.54, 1.807) is 7.11 Å². The van der Waals surface area contributed by atoms with Gasteiger partial charge in [-0.1, -0.05) is 6.42 Å². The van der Waals surface area contributed by atoms with Crippen LogP contribution in [0.1, 0.15) is 19.3 Å². The maximum absolute atomic E-state index is 11.3. The molecule has 2 rings (SSSR count). The molecule has 3 heteroatoms. The Morgan fingerprint density at radius 2 is 2.08 bits per heavy atom. The molecule has 0 unspecified atom stereocenters. The molecule has 0 amide bonds. The molecule has 0 aliphatic heterocycles. The second-order valence-electron chi connectivity index (χ2n) is 4.00. The highest BCUT2D eigenvalue weighted by molar-refractivity contribution is 5.76. The van der Waals surface area contributed by atoms with Crippen LogP contribution in [-0.4, -0.2) is 26.3 Å². The molecule has 4 atom stereocenters. The first-order valence-electron chi connectivity index (χ1n) is 4.90. The van der Waals surface area contributed by atoms with Crippen molar-refractivity contribution >= 4 is 5.97 Å². The maximum atomic E-state index is 11.3. The van der Waals surface area contributed by atoms with Gasteiger partial charge in [0.15, 0.2) is 0 Å². The molecule has 2 saturated carbocycles. The van der Waals surface area contributed by atoms with Crippen LogP contribution in [-0.2, 0) is 14.3 Å². The highest BCUT2D eigenvalue weighted by Gasteiger charge is 2.60. The highest BCUT2D eigenvalue weighted by Crippen LogP contribution is 2.56. The number of carbonyl (C=O) groups is 1. The van der Waals surface area contributed by atoms with E-state index in [2.05, 4.69) is 0 Å². The van der Waals surface area contributed by atoms with Gasteiger partial charge in [0, 0.05) is 13.0 Å². The zero-order valence-corrected chi connectivity index (χ0v) is 8.16. The molecule has 0 radical (unpaired) electrons. The summed E-state index contributed by atoms with van der Waals surface area (Å²) in [5.74, 6) is 1.09. The van der Waals surface area contributed by atoms with Crippen molar-refractivity contribution in [1.29, 1.82) is 0 Å². The Morgan fingerprint density at radius 3 is 2.69 bits per heavy atom. The van der Waals surface area contributed by atoms with Gasteiger partial charge in [-0.15, -0.1) is 0 Å². The minimum Gasteiger partial charge on any atom is -0.469 e. The van der Waals surface area contributed by atoms with Crippen molar-refractivity contribution in [1.82, 2.24) is 0 Å². The molecule has 0 aromatic heterocycles. The summed E-state index contributed by atoms with van der Waals surface area (Å²) in [7, 11) is 3.20. The molecule has 0 N–H and O–H groups in total. The second-order valence-corrected chi connectivity index (χ2v) is 4.00. The standard InChI is InChI=1S/C10H16O3/c1-12-7-5-3-4-6-8(7)9(6)10(11)13-2/h6-9H,3-5H2,1-2H3/t6-,7-,8-,9+/m1/s1. The highest BCUT2D eigenvalue weighted by atomic mass is 16.5. The lowest BCUT2D eigenvalue weighted by Crippen LogP contribution is -2.19. The van der Waals surface area contributed by atoms with E-state index in [0.717, 1.165) is 6.42 Å². The van der Waals surface area contributed by atoms with Crippen molar-refractivity contribution in [2.75, 3.05) is 14.2 Å². The van der Waals surface area contributed by atoms with Crippen LogP contribution in [0, 0.1) is 17.8 Å². The first-order valence-corrected chi connectivity index (χ1v) is 4.90. The molecule has 0 saturated heterocycles. The number of methoxy groups -OCH3 is 2. The van der Waals surface area contributed by atoms with Gasteiger partial charge in [-0.2, -0.15) is 0 Å². The monoisotopic (exact) mass is 184 g/mol. The van der Waals surface area contributed by atoms with Crippen LogP contribution in [0.5, 0.6) is 0 Å². The largest absolute Gasteiger partial charge is 0.469 e. The molecule has 0 aromatic rings. The fourth-order valence-corrected chi connectivity index (χ4v) is 2.77. The van der Waals surface area contributed by atoms with E-state index in [9.17, 15) is 4.79 Å². The molecule has 2 fully saturated rings. The normalized spacial score (nSPS) is 42.3. The quantitative estimate of drug-likeness (QED) is 0.605. The molecule has 2 aliphatic carbocycles. The summed E-state index contributed by atoms with van der Waals surface area (Å²) in [6, 6.07) is 0. The predicted octanol–water partition coefficient (Wildman–Crippen LogP) is 1.22. The summed E-state index contributed by atoms with van der Waals surface area (Å²) in [5, 5.41) is 0. The van der Waals surface area contributed by atoms with Crippen molar-refractivity contribution in [2.45, 2.75) is 25.4 Å². The molecule has 13 heavy (non-hydrogen) atoms. The Morgan fingerprint density at radius 1 is 1.31 bits per heavy atom. The van der Waals surface area contributed by atoms with Crippen LogP contribution < -0.4 is 0 Å². The van der Waals surface area contributed by atoms with Crippen LogP contribution in [0.2, 0.25) is 0 Å². The molecule has 0 spiro atoms. The van der Waals surface area contributed by atoms with Gasteiger partial charge in [-0.05, 0) is 18.8 Å². The number of fused-ring (bicyclic) bond motifs is 1. The van der Waals surface area contributed by atoms with E-state index < -0.39 is 0 Å². The fraction of sp³-hybridized carbons (Fsp3) is 0.900. The number of hydrogen-bond donors (Lipinski definition) is 0. The van der Waals surface area contributed by atoms with Crippen LogP contribution in [0.15, 0.2) is 0 Å². The summed E-state index contributed by atoms with van der Waals surface area (Å²) < 4.78 is 10.1. The van der Waals surface area contributed by atoms with Crippen LogP contribution >= 0.6 is 0 Å². The molecule has 0 aromatic carbocycles. The SMILES string of the molecule is COC(=O)[C@H]1[C@@H]2CCC[C@@H](OC)[C@@H]21. The molecule has 2 aliphatic rings. The van der Waals surface area contributed by atoms with Gasteiger partial charge >= 0.3 is 5.97 Å². The van der Waals surface area contributed by atoms with Gasteiger partial charge in [0.2, 0.25) is 0 Å². The molecular weight excluding hydrogens is 168 g/mol.